The molecule has 1 fully saturated rings. The third-order valence-electron chi connectivity index (χ3n) is 4.80. The number of nitro groups is 1. The van der Waals surface area contributed by atoms with E-state index in [4.69, 9.17) is 4.74 Å². The molecule has 0 aliphatic carbocycles. The number of carbonyl (C=O) groups excluding carboxylic acids is 2. The number of ether oxygens (including phenoxy) is 1. The lowest BCUT2D eigenvalue weighted by molar-refractivity contribution is -0.384. The van der Waals surface area contributed by atoms with Crippen molar-refractivity contribution in [2.45, 2.75) is 13.2 Å². The van der Waals surface area contributed by atoms with Gasteiger partial charge in [-0.25, -0.2) is 0 Å². The Hall–Kier alpha value is -3.91. The molecule has 0 saturated carbocycles. The van der Waals surface area contributed by atoms with Crippen LogP contribution in [0.15, 0.2) is 83.8 Å². The Morgan fingerprint density at radius 2 is 1.59 bits per heavy atom. The van der Waals surface area contributed by atoms with E-state index in [0.29, 0.717) is 16.2 Å². The van der Waals surface area contributed by atoms with Crippen molar-refractivity contribution >= 4 is 34.7 Å². The molecule has 1 saturated heterocycles. The number of benzene rings is 3. The Labute approximate surface area is 188 Å². The van der Waals surface area contributed by atoms with Crippen LogP contribution >= 0.6 is 11.8 Å². The maximum absolute atomic E-state index is 12.8. The molecule has 0 radical (unpaired) electrons. The first-order valence-electron chi connectivity index (χ1n) is 9.76. The van der Waals surface area contributed by atoms with Crippen molar-refractivity contribution in [3.63, 3.8) is 0 Å². The van der Waals surface area contributed by atoms with Crippen molar-refractivity contribution in [2.75, 3.05) is 0 Å². The molecule has 7 nitrogen and oxygen atoms in total. The Morgan fingerprint density at radius 3 is 2.31 bits per heavy atom. The van der Waals surface area contributed by atoms with Crippen LogP contribution in [0.1, 0.15) is 16.7 Å². The second-order valence-electron chi connectivity index (χ2n) is 7.00. The molecule has 3 aromatic rings. The number of nitro benzene ring substituents is 1. The molecule has 0 atom stereocenters. The standard InChI is InChI=1S/C24H18N2O5S/c27-23-22(32-24(28)25(23)15-17-6-2-1-3-7-17)14-19-8-4-5-9-21(19)31-16-18-10-12-20(13-11-18)26(29)30/h1-14H,15-16H2/b22-14-. The van der Waals surface area contributed by atoms with Gasteiger partial charge in [0.05, 0.1) is 16.4 Å². The summed E-state index contributed by atoms with van der Waals surface area (Å²) in [6.07, 6.45) is 1.65. The van der Waals surface area contributed by atoms with E-state index in [1.165, 1.54) is 17.0 Å². The quantitative estimate of drug-likeness (QED) is 0.274. The number of thioether (sulfide) groups is 1. The maximum Gasteiger partial charge on any atom is 0.293 e. The minimum atomic E-state index is -0.454. The highest BCUT2D eigenvalue weighted by Crippen LogP contribution is 2.35. The largest absolute Gasteiger partial charge is 0.488 e. The molecule has 0 aromatic heterocycles. The van der Waals surface area contributed by atoms with Gasteiger partial charge in [0.1, 0.15) is 12.4 Å². The summed E-state index contributed by atoms with van der Waals surface area (Å²) in [4.78, 5) is 37.1. The second-order valence-corrected chi connectivity index (χ2v) is 8.00. The van der Waals surface area contributed by atoms with Crippen LogP contribution in [0.5, 0.6) is 5.75 Å². The third kappa shape index (κ3) is 4.87. The Kier molecular flexibility index (Phi) is 6.32. The smallest absolute Gasteiger partial charge is 0.293 e. The van der Waals surface area contributed by atoms with Gasteiger partial charge < -0.3 is 4.74 Å². The molecule has 4 rings (SSSR count). The molecular weight excluding hydrogens is 428 g/mol. The number of non-ortho nitro benzene ring substituents is 1. The fraction of sp³-hybridized carbons (Fsp3) is 0.0833. The minimum absolute atomic E-state index is 0.0142. The fourth-order valence-corrected chi connectivity index (χ4v) is 3.98. The van der Waals surface area contributed by atoms with E-state index in [1.54, 1.807) is 30.3 Å². The monoisotopic (exact) mass is 446 g/mol. The molecule has 0 N–H and O–H groups in total. The average molecular weight is 446 g/mol. The number of para-hydroxylation sites is 1. The van der Waals surface area contributed by atoms with E-state index in [0.717, 1.165) is 22.9 Å². The summed E-state index contributed by atoms with van der Waals surface area (Å²) in [6.45, 7) is 0.430. The number of amides is 2. The van der Waals surface area contributed by atoms with Crippen molar-refractivity contribution in [1.82, 2.24) is 4.90 Å². The predicted octanol–water partition coefficient (Wildman–Crippen LogP) is 5.41. The van der Waals surface area contributed by atoms with Crippen molar-refractivity contribution < 1.29 is 19.2 Å². The van der Waals surface area contributed by atoms with Gasteiger partial charge in [-0.1, -0.05) is 48.5 Å². The van der Waals surface area contributed by atoms with Crippen LogP contribution in [0, 0.1) is 10.1 Å². The first-order valence-corrected chi connectivity index (χ1v) is 10.6. The van der Waals surface area contributed by atoms with E-state index >= 15 is 0 Å². The highest BCUT2D eigenvalue weighted by atomic mass is 32.2. The lowest BCUT2D eigenvalue weighted by Crippen LogP contribution is -2.27. The van der Waals surface area contributed by atoms with E-state index < -0.39 is 4.92 Å². The van der Waals surface area contributed by atoms with Crippen LogP contribution < -0.4 is 4.74 Å². The van der Waals surface area contributed by atoms with Gasteiger partial charge in [-0.3, -0.25) is 24.6 Å². The molecular formula is C24H18N2O5S. The third-order valence-corrected chi connectivity index (χ3v) is 5.71. The molecule has 2 amide bonds. The molecule has 1 heterocycles. The second kappa shape index (κ2) is 9.49. The number of carbonyl (C=O) groups is 2. The van der Waals surface area contributed by atoms with Gasteiger partial charge in [0.2, 0.25) is 0 Å². The summed E-state index contributed by atoms with van der Waals surface area (Å²) in [5.41, 5.74) is 2.33. The van der Waals surface area contributed by atoms with Crippen LogP contribution in [0.4, 0.5) is 10.5 Å². The number of nitrogens with zero attached hydrogens (tertiary/aromatic N) is 2. The Balaban J connectivity index is 1.49. The summed E-state index contributed by atoms with van der Waals surface area (Å²) in [6, 6.07) is 22.7. The molecule has 1 aliphatic rings. The van der Waals surface area contributed by atoms with E-state index in [1.807, 2.05) is 42.5 Å². The summed E-state index contributed by atoms with van der Waals surface area (Å²) < 4.78 is 5.88. The van der Waals surface area contributed by atoms with E-state index in [-0.39, 0.29) is 30.0 Å². The van der Waals surface area contributed by atoms with Crippen molar-refractivity contribution in [3.8, 4) is 5.75 Å². The van der Waals surface area contributed by atoms with Crippen LogP contribution in [-0.2, 0) is 17.9 Å². The molecule has 3 aromatic carbocycles. The number of hydrogen-bond acceptors (Lipinski definition) is 6. The Bertz CT molecular complexity index is 1190. The average Bonchev–Trinajstić information content (AvgIpc) is 3.07. The van der Waals surface area contributed by atoms with Crippen molar-refractivity contribution in [2.24, 2.45) is 0 Å². The van der Waals surface area contributed by atoms with Gasteiger partial charge in [0.25, 0.3) is 16.8 Å². The molecule has 160 valence electrons. The van der Waals surface area contributed by atoms with Crippen LogP contribution in [0.3, 0.4) is 0 Å². The van der Waals surface area contributed by atoms with Crippen molar-refractivity contribution in [1.29, 1.82) is 0 Å². The topological polar surface area (TPSA) is 89.7 Å². The van der Waals surface area contributed by atoms with Gasteiger partial charge in [-0.2, -0.15) is 0 Å². The molecule has 8 heteroatoms. The van der Waals surface area contributed by atoms with Gasteiger partial charge in [0, 0.05) is 17.7 Å². The lowest BCUT2D eigenvalue weighted by atomic mass is 10.1. The molecule has 0 bridgehead atoms. The molecule has 1 aliphatic heterocycles. The summed E-state index contributed by atoms with van der Waals surface area (Å²) in [5, 5.41) is 10.5. The van der Waals surface area contributed by atoms with Crippen LogP contribution in [0.2, 0.25) is 0 Å². The minimum Gasteiger partial charge on any atom is -0.488 e. The van der Waals surface area contributed by atoms with Crippen LogP contribution in [0.25, 0.3) is 6.08 Å². The van der Waals surface area contributed by atoms with E-state index in [9.17, 15) is 19.7 Å². The number of imide groups is 1. The zero-order valence-electron chi connectivity index (χ0n) is 16.8. The first-order chi connectivity index (χ1) is 15.5. The van der Waals surface area contributed by atoms with Gasteiger partial charge in [0.15, 0.2) is 0 Å². The highest BCUT2D eigenvalue weighted by molar-refractivity contribution is 8.18. The van der Waals surface area contributed by atoms with Gasteiger partial charge in [-0.05, 0) is 47.2 Å². The lowest BCUT2D eigenvalue weighted by Gasteiger charge is -2.12. The zero-order valence-corrected chi connectivity index (χ0v) is 17.7. The molecule has 32 heavy (non-hydrogen) atoms. The molecule has 0 spiro atoms. The first kappa shape index (κ1) is 21.3. The number of hydrogen-bond donors (Lipinski definition) is 0. The van der Waals surface area contributed by atoms with E-state index in [2.05, 4.69) is 0 Å². The normalized spacial score (nSPS) is 14.8. The van der Waals surface area contributed by atoms with Crippen LogP contribution in [-0.4, -0.2) is 21.0 Å². The molecule has 0 unspecified atom stereocenters. The van der Waals surface area contributed by atoms with Gasteiger partial charge in [-0.15, -0.1) is 0 Å². The van der Waals surface area contributed by atoms with Gasteiger partial charge >= 0.3 is 0 Å². The fourth-order valence-electron chi connectivity index (χ4n) is 3.15. The zero-order chi connectivity index (χ0) is 22.5. The summed E-state index contributed by atoms with van der Waals surface area (Å²) in [7, 11) is 0. The Morgan fingerprint density at radius 1 is 0.906 bits per heavy atom. The summed E-state index contributed by atoms with van der Waals surface area (Å²) in [5.74, 6) is 0.203. The van der Waals surface area contributed by atoms with Crippen molar-refractivity contribution in [3.05, 3.63) is 111 Å². The SMILES string of the molecule is O=C1S/C(=C\c2ccccc2OCc2ccc([N+](=O)[O-])cc2)C(=O)N1Cc1ccccc1. The number of rotatable bonds is 7. The maximum atomic E-state index is 12.8. The highest BCUT2D eigenvalue weighted by Gasteiger charge is 2.35. The summed E-state index contributed by atoms with van der Waals surface area (Å²) >= 11 is 0.902. The predicted molar refractivity (Wildman–Crippen MR) is 122 cm³/mol.